The minimum Gasteiger partial charge on any atom is -0.324 e. The van der Waals surface area contributed by atoms with Crippen molar-refractivity contribution in [3.05, 3.63) is 70.6 Å². The van der Waals surface area contributed by atoms with E-state index in [2.05, 4.69) is 46.0 Å². The summed E-state index contributed by atoms with van der Waals surface area (Å²) in [5, 5.41) is 19.8. The van der Waals surface area contributed by atoms with Gasteiger partial charge in [0, 0.05) is 28.9 Å². The van der Waals surface area contributed by atoms with Gasteiger partial charge in [0.15, 0.2) is 11.6 Å². The molecule has 0 saturated heterocycles. The van der Waals surface area contributed by atoms with Gasteiger partial charge in [0.2, 0.25) is 11.9 Å². The van der Waals surface area contributed by atoms with E-state index in [1.165, 1.54) is 12.8 Å². The van der Waals surface area contributed by atoms with E-state index < -0.39 is 0 Å². The summed E-state index contributed by atoms with van der Waals surface area (Å²) in [7, 11) is 0. The second kappa shape index (κ2) is 7.34. The van der Waals surface area contributed by atoms with Crippen molar-refractivity contribution < 1.29 is 0 Å². The van der Waals surface area contributed by atoms with Crippen molar-refractivity contribution in [1.82, 2.24) is 35.3 Å². The molecule has 5 aromatic rings. The predicted molar refractivity (Wildman–Crippen MR) is 121 cm³/mol. The molecule has 3 heterocycles. The maximum absolute atomic E-state index is 11.8. The number of nitrogens with zero attached hydrogens (tertiary/aromatic N) is 4. The summed E-state index contributed by atoms with van der Waals surface area (Å²) in [5.41, 5.74) is 3.26. The van der Waals surface area contributed by atoms with Crippen LogP contribution in [0.2, 0.25) is 0 Å². The lowest BCUT2D eigenvalue weighted by atomic mass is 10.2. The first-order chi connectivity index (χ1) is 15.7. The Kier molecular flexibility index (Phi) is 4.20. The number of hydrogen-bond donors (Lipinski definition) is 5. The van der Waals surface area contributed by atoms with Crippen LogP contribution in [0.5, 0.6) is 0 Å². The molecular weight excluding hydrogens is 406 g/mol. The Balaban J connectivity index is 1.35. The standard InChI is InChI=1S/C22H19N9O/c32-20-15-9-8-14(10-17(15)29-31-20)23-21-25-19(13-4-2-1-3-5-13)26-22(27-21)24-18-11-16(28-30-18)12-6-7-12/h1-5,8-12H,6-7H2,(H2,29,31,32)(H3,23,24,25,26,27,28,30). The van der Waals surface area contributed by atoms with E-state index in [-0.39, 0.29) is 5.56 Å². The van der Waals surface area contributed by atoms with Crippen molar-refractivity contribution in [1.29, 1.82) is 0 Å². The molecule has 1 saturated carbocycles. The Morgan fingerprint density at radius 3 is 2.50 bits per heavy atom. The summed E-state index contributed by atoms with van der Waals surface area (Å²) in [6.45, 7) is 0. The topological polar surface area (TPSA) is 140 Å². The zero-order valence-electron chi connectivity index (χ0n) is 16.9. The van der Waals surface area contributed by atoms with Gasteiger partial charge in [-0.2, -0.15) is 20.1 Å². The van der Waals surface area contributed by atoms with Gasteiger partial charge in [-0.1, -0.05) is 30.3 Å². The van der Waals surface area contributed by atoms with Crippen molar-refractivity contribution in [3.8, 4) is 11.4 Å². The molecule has 2 aromatic carbocycles. The summed E-state index contributed by atoms with van der Waals surface area (Å²) < 4.78 is 0. The smallest absolute Gasteiger partial charge is 0.271 e. The van der Waals surface area contributed by atoms with Crippen LogP contribution in [0.3, 0.4) is 0 Å². The van der Waals surface area contributed by atoms with Gasteiger partial charge in [-0.05, 0) is 31.0 Å². The average Bonchev–Trinajstić information content (AvgIpc) is 3.46. The van der Waals surface area contributed by atoms with Crippen LogP contribution in [-0.4, -0.2) is 35.3 Å². The second-order valence-corrected chi connectivity index (χ2v) is 7.74. The summed E-state index contributed by atoms with van der Waals surface area (Å²) in [6, 6.07) is 17.1. The van der Waals surface area contributed by atoms with Crippen LogP contribution < -0.4 is 16.2 Å². The Labute approximate surface area is 181 Å². The SMILES string of the molecule is O=c1[nH][nH]c2cc(Nc3nc(Nc4cc(C5CC5)[nH]n4)nc(-c4ccccc4)n3)ccc12. The molecule has 1 fully saturated rings. The number of nitrogens with one attached hydrogen (secondary N) is 5. The molecule has 158 valence electrons. The van der Waals surface area contributed by atoms with E-state index in [1.54, 1.807) is 12.1 Å². The highest BCUT2D eigenvalue weighted by atomic mass is 16.1. The highest BCUT2D eigenvalue weighted by molar-refractivity contribution is 5.82. The van der Waals surface area contributed by atoms with Gasteiger partial charge in [0.25, 0.3) is 5.56 Å². The first-order valence-electron chi connectivity index (χ1n) is 10.3. The highest BCUT2D eigenvalue weighted by Gasteiger charge is 2.25. The summed E-state index contributed by atoms with van der Waals surface area (Å²) >= 11 is 0. The lowest BCUT2D eigenvalue weighted by Crippen LogP contribution is -2.06. The molecule has 1 aliphatic carbocycles. The predicted octanol–water partition coefficient (Wildman–Crippen LogP) is 3.80. The van der Waals surface area contributed by atoms with Crippen LogP contribution in [0, 0.1) is 0 Å². The Morgan fingerprint density at radius 2 is 1.69 bits per heavy atom. The zero-order chi connectivity index (χ0) is 21.5. The van der Waals surface area contributed by atoms with Crippen molar-refractivity contribution in [3.63, 3.8) is 0 Å². The van der Waals surface area contributed by atoms with Crippen molar-refractivity contribution >= 4 is 34.3 Å². The first-order valence-corrected chi connectivity index (χ1v) is 10.3. The van der Waals surface area contributed by atoms with Gasteiger partial charge in [0.1, 0.15) is 0 Å². The number of benzene rings is 2. The largest absolute Gasteiger partial charge is 0.324 e. The molecule has 3 aromatic heterocycles. The van der Waals surface area contributed by atoms with Crippen molar-refractivity contribution in [2.24, 2.45) is 0 Å². The second-order valence-electron chi connectivity index (χ2n) is 7.74. The van der Waals surface area contributed by atoms with E-state index in [9.17, 15) is 4.79 Å². The quantitative estimate of drug-likeness (QED) is 0.279. The van der Waals surface area contributed by atoms with Gasteiger partial charge in [-0.15, -0.1) is 0 Å². The van der Waals surface area contributed by atoms with E-state index in [1.807, 2.05) is 42.5 Å². The Hall–Kier alpha value is -4.47. The lowest BCUT2D eigenvalue weighted by Gasteiger charge is -2.09. The molecule has 0 unspecified atom stereocenters. The van der Waals surface area contributed by atoms with E-state index in [0.717, 1.165) is 16.9 Å². The van der Waals surface area contributed by atoms with Crippen LogP contribution in [-0.2, 0) is 0 Å². The first kappa shape index (κ1) is 18.3. The summed E-state index contributed by atoms with van der Waals surface area (Å²) in [4.78, 5) is 25.5. The number of anilines is 4. The number of H-pyrrole nitrogens is 3. The molecular formula is C22H19N9O. The molecule has 0 amide bonds. The van der Waals surface area contributed by atoms with Crippen LogP contribution in [0.1, 0.15) is 24.5 Å². The number of aromatic amines is 3. The number of aromatic nitrogens is 7. The molecule has 6 rings (SSSR count). The minimum atomic E-state index is -0.158. The maximum Gasteiger partial charge on any atom is 0.271 e. The van der Waals surface area contributed by atoms with E-state index >= 15 is 0 Å². The highest BCUT2D eigenvalue weighted by Crippen LogP contribution is 2.39. The number of fused-ring (bicyclic) bond motifs is 1. The van der Waals surface area contributed by atoms with Gasteiger partial charge in [-0.3, -0.25) is 20.1 Å². The molecule has 0 atom stereocenters. The molecule has 5 N–H and O–H groups in total. The fraction of sp³-hybridized carbons (Fsp3) is 0.136. The third kappa shape index (κ3) is 3.58. The van der Waals surface area contributed by atoms with Crippen LogP contribution >= 0.6 is 0 Å². The number of rotatable bonds is 6. The molecule has 10 nitrogen and oxygen atoms in total. The van der Waals surface area contributed by atoms with E-state index in [4.69, 9.17) is 0 Å². The maximum atomic E-state index is 11.8. The molecule has 1 aliphatic rings. The molecule has 32 heavy (non-hydrogen) atoms. The fourth-order valence-electron chi connectivity index (χ4n) is 3.57. The minimum absolute atomic E-state index is 0.158. The molecule has 0 radical (unpaired) electrons. The third-order valence-corrected chi connectivity index (χ3v) is 5.35. The molecule has 10 heteroatoms. The Bertz CT molecular complexity index is 1460. The summed E-state index contributed by atoms with van der Waals surface area (Å²) in [5.74, 6) is 2.51. The van der Waals surface area contributed by atoms with Crippen molar-refractivity contribution in [2.45, 2.75) is 18.8 Å². The third-order valence-electron chi connectivity index (χ3n) is 5.35. The van der Waals surface area contributed by atoms with Gasteiger partial charge >= 0.3 is 0 Å². The molecule has 0 aliphatic heterocycles. The molecule has 0 spiro atoms. The molecule has 0 bridgehead atoms. The van der Waals surface area contributed by atoms with Crippen LogP contribution in [0.15, 0.2) is 59.4 Å². The van der Waals surface area contributed by atoms with Crippen molar-refractivity contribution in [2.75, 3.05) is 10.6 Å². The monoisotopic (exact) mass is 425 g/mol. The fourth-order valence-corrected chi connectivity index (χ4v) is 3.57. The van der Waals surface area contributed by atoms with Crippen LogP contribution in [0.4, 0.5) is 23.4 Å². The van der Waals surface area contributed by atoms with E-state index in [0.29, 0.717) is 40.4 Å². The number of hydrogen-bond acceptors (Lipinski definition) is 7. The lowest BCUT2D eigenvalue weighted by molar-refractivity contribution is 0.964. The zero-order valence-corrected chi connectivity index (χ0v) is 16.9. The summed E-state index contributed by atoms with van der Waals surface area (Å²) in [6.07, 6.45) is 2.38. The van der Waals surface area contributed by atoms with Gasteiger partial charge < -0.3 is 10.6 Å². The normalized spacial score (nSPS) is 13.4. The Morgan fingerprint density at radius 1 is 0.875 bits per heavy atom. The van der Waals surface area contributed by atoms with Gasteiger partial charge in [-0.25, -0.2) is 0 Å². The van der Waals surface area contributed by atoms with Crippen LogP contribution in [0.25, 0.3) is 22.3 Å². The average molecular weight is 425 g/mol. The van der Waals surface area contributed by atoms with Gasteiger partial charge in [0.05, 0.1) is 10.9 Å².